The molecule has 1 aliphatic heterocycles. The second-order valence-corrected chi connectivity index (χ2v) is 7.57. The maximum atomic E-state index is 13.0. The number of methoxy groups -OCH3 is 1. The molecular formula is C24H28N2O5. The third-order valence-corrected chi connectivity index (χ3v) is 5.31. The Morgan fingerprint density at radius 1 is 1.03 bits per heavy atom. The minimum Gasteiger partial charge on any atom is -0.469 e. The van der Waals surface area contributed by atoms with E-state index in [1.165, 1.54) is 12.0 Å². The number of esters is 1. The van der Waals surface area contributed by atoms with E-state index in [1.54, 1.807) is 0 Å². The van der Waals surface area contributed by atoms with E-state index in [0.717, 1.165) is 17.5 Å². The predicted molar refractivity (Wildman–Crippen MR) is 115 cm³/mol. The second-order valence-electron chi connectivity index (χ2n) is 7.57. The topological polar surface area (TPSA) is 84.9 Å². The van der Waals surface area contributed by atoms with Crippen molar-refractivity contribution in [1.29, 1.82) is 0 Å². The van der Waals surface area contributed by atoms with E-state index < -0.39 is 24.1 Å². The number of amides is 2. The smallest absolute Gasteiger partial charge is 0.410 e. The van der Waals surface area contributed by atoms with E-state index in [1.807, 2.05) is 60.7 Å². The van der Waals surface area contributed by atoms with Crippen molar-refractivity contribution < 1.29 is 23.9 Å². The van der Waals surface area contributed by atoms with Gasteiger partial charge >= 0.3 is 12.1 Å². The van der Waals surface area contributed by atoms with Crippen LogP contribution >= 0.6 is 0 Å². The Labute approximate surface area is 182 Å². The summed E-state index contributed by atoms with van der Waals surface area (Å²) in [6.07, 6.45) is 1.32. The molecule has 1 saturated heterocycles. The maximum absolute atomic E-state index is 13.0. The van der Waals surface area contributed by atoms with E-state index >= 15 is 0 Å². The molecule has 164 valence electrons. The van der Waals surface area contributed by atoms with Crippen LogP contribution in [0.1, 0.15) is 30.4 Å². The molecule has 0 unspecified atom stereocenters. The molecule has 7 nitrogen and oxygen atoms in total. The Morgan fingerprint density at radius 3 is 2.32 bits per heavy atom. The fraction of sp³-hybridized carbons (Fsp3) is 0.375. The fourth-order valence-corrected chi connectivity index (χ4v) is 3.71. The largest absolute Gasteiger partial charge is 0.469 e. The minimum absolute atomic E-state index is 0.0578. The number of benzene rings is 2. The zero-order chi connectivity index (χ0) is 22.1. The summed E-state index contributed by atoms with van der Waals surface area (Å²) < 4.78 is 10.2. The van der Waals surface area contributed by atoms with Crippen molar-refractivity contribution in [3.05, 3.63) is 71.8 Å². The molecular weight excluding hydrogens is 396 g/mol. The highest BCUT2D eigenvalue weighted by molar-refractivity contribution is 5.86. The summed E-state index contributed by atoms with van der Waals surface area (Å²) in [6, 6.07) is 18.0. The lowest BCUT2D eigenvalue weighted by Crippen LogP contribution is -2.50. The van der Waals surface area contributed by atoms with E-state index in [9.17, 15) is 14.4 Å². The van der Waals surface area contributed by atoms with Gasteiger partial charge < -0.3 is 14.8 Å². The van der Waals surface area contributed by atoms with Crippen molar-refractivity contribution in [1.82, 2.24) is 10.2 Å². The van der Waals surface area contributed by atoms with Crippen LogP contribution in [0.5, 0.6) is 0 Å². The molecule has 0 saturated carbocycles. The molecule has 2 aromatic carbocycles. The van der Waals surface area contributed by atoms with Gasteiger partial charge in [-0.2, -0.15) is 0 Å². The van der Waals surface area contributed by atoms with E-state index in [2.05, 4.69) is 5.32 Å². The number of ether oxygens (including phenoxy) is 2. The zero-order valence-electron chi connectivity index (χ0n) is 17.7. The monoisotopic (exact) mass is 424 g/mol. The Bertz CT molecular complexity index is 872. The first-order valence-electron chi connectivity index (χ1n) is 10.4. The molecule has 31 heavy (non-hydrogen) atoms. The van der Waals surface area contributed by atoms with Crippen LogP contribution in [-0.2, 0) is 32.1 Å². The van der Waals surface area contributed by atoms with E-state index in [0.29, 0.717) is 19.4 Å². The van der Waals surface area contributed by atoms with Gasteiger partial charge in [0.05, 0.1) is 13.5 Å². The molecule has 1 heterocycles. The van der Waals surface area contributed by atoms with Gasteiger partial charge in [0, 0.05) is 12.6 Å². The van der Waals surface area contributed by atoms with Crippen LogP contribution in [0.3, 0.4) is 0 Å². The normalized spacial score (nSPS) is 16.4. The van der Waals surface area contributed by atoms with E-state index in [4.69, 9.17) is 9.47 Å². The number of hydrogen-bond acceptors (Lipinski definition) is 5. The van der Waals surface area contributed by atoms with Crippen molar-refractivity contribution in [3.63, 3.8) is 0 Å². The van der Waals surface area contributed by atoms with Crippen LogP contribution in [-0.4, -0.2) is 48.6 Å². The Kier molecular flexibility index (Phi) is 8.04. The SMILES string of the molecule is COC(=O)C[C@H](Cc1ccccc1)NC(=O)[C@@H]1CCCN1C(=O)OCc1ccccc1. The standard InChI is InChI=1S/C24H28N2O5/c1-30-22(27)16-20(15-18-9-4-2-5-10-18)25-23(28)21-13-8-14-26(21)24(29)31-17-19-11-6-3-7-12-19/h2-7,9-12,20-21H,8,13-17H2,1H3,(H,25,28)/t20-,21-/m0/s1. The average Bonchev–Trinajstić information content (AvgIpc) is 3.29. The number of nitrogens with one attached hydrogen (secondary N) is 1. The first-order chi connectivity index (χ1) is 15.1. The number of rotatable bonds is 8. The van der Waals surface area contributed by atoms with Crippen molar-refractivity contribution in [2.24, 2.45) is 0 Å². The first-order valence-corrected chi connectivity index (χ1v) is 10.4. The number of hydrogen-bond donors (Lipinski definition) is 1. The minimum atomic E-state index is -0.612. The van der Waals surface area contributed by atoms with Crippen LogP contribution in [0.25, 0.3) is 0 Å². The van der Waals surface area contributed by atoms with Crippen LogP contribution in [0.4, 0.5) is 4.79 Å². The lowest BCUT2D eigenvalue weighted by Gasteiger charge is -2.26. The average molecular weight is 424 g/mol. The third kappa shape index (κ3) is 6.57. The number of likely N-dealkylation sites (tertiary alicyclic amines) is 1. The van der Waals surface area contributed by atoms with Gasteiger partial charge in [0.2, 0.25) is 5.91 Å². The summed E-state index contributed by atoms with van der Waals surface area (Å²) in [5, 5.41) is 2.94. The highest BCUT2D eigenvalue weighted by Gasteiger charge is 2.36. The Hall–Kier alpha value is -3.35. The van der Waals surface area contributed by atoms with Crippen LogP contribution in [0, 0.1) is 0 Å². The molecule has 0 spiro atoms. The summed E-state index contributed by atoms with van der Waals surface area (Å²) in [5.41, 5.74) is 1.89. The van der Waals surface area contributed by atoms with Crippen molar-refractivity contribution in [2.75, 3.05) is 13.7 Å². The van der Waals surface area contributed by atoms with E-state index in [-0.39, 0.29) is 18.9 Å². The molecule has 1 fully saturated rings. The number of carbonyl (C=O) groups is 3. The third-order valence-electron chi connectivity index (χ3n) is 5.31. The molecule has 2 atom stereocenters. The summed E-state index contributed by atoms with van der Waals surface area (Å²) in [7, 11) is 1.32. The van der Waals surface area contributed by atoms with Crippen LogP contribution in [0.2, 0.25) is 0 Å². The second kappa shape index (κ2) is 11.2. The van der Waals surface area contributed by atoms with Gasteiger partial charge in [0.25, 0.3) is 0 Å². The van der Waals surface area contributed by atoms with Gasteiger partial charge in [-0.3, -0.25) is 14.5 Å². The summed E-state index contributed by atoms with van der Waals surface area (Å²) in [5.74, 6) is -0.675. The molecule has 2 aromatic rings. The summed E-state index contributed by atoms with van der Waals surface area (Å²) >= 11 is 0. The predicted octanol–water partition coefficient (Wildman–Crippen LogP) is 3.08. The molecule has 1 aliphatic rings. The number of nitrogens with zero attached hydrogens (tertiary/aromatic N) is 1. The van der Waals surface area contributed by atoms with Gasteiger partial charge in [0.15, 0.2) is 0 Å². The van der Waals surface area contributed by atoms with Gasteiger partial charge in [-0.15, -0.1) is 0 Å². The van der Waals surface area contributed by atoms with Crippen molar-refractivity contribution in [3.8, 4) is 0 Å². The van der Waals surface area contributed by atoms with Crippen molar-refractivity contribution >= 4 is 18.0 Å². The zero-order valence-corrected chi connectivity index (χ0v) is 17.7. The van der Waals surface area contributed by atoms with Gasteiger partial charge in [0.1, 0.15) is 12.6 Å². The Morgan fingerprint density at radius 2 is 1.68 bits per heavy atom. The summed E-state index contributed by atoms with van der Waals surface area (Å²) in [4.78, 5) is 38.9. The molecule has 0 aliphatic carbocycles. The van der Waals surface area contributed by atoms with Gasteiger partial charge in [-0.05, 0) is 30.4 Å². The quantitative estimate of drug-likeness (QED) is 0.659. The lowest BCUT2D eigenvalue weighted by molar-refractivity contribution is -0.141. The molecule has 3 rings (SSSR count). The first kappa shape index (κ1) is 22.3. The van der Waals surface area contributed by atoms with Gasteiger partial charge in [-0.1, -0.05) is 60.7 Å². The number of carbonyl (C=O) groups excluding carboxylic acids is 3. The highest BCUT2D eigenvalue weighted by atomic mass is 16.6. The summed E-state index contributed by atoms with van der Waals surface area (Å²) in [6.45, 7) is 0.621. The maximum Gasteiger partial charge on any atom is 0.410 e. The van der Waals surface area contributed by atoms with Crippen LogP contribution in [0.15, 0.2) is 60.7 Å². The molecule has 1 N–H and O–H groups in total. The molecule has 2 amide bonds. The molecule has 0 radical (unpaired) electrons. The van der Waals surface area contributed by atoms with Gasteiger partial charge in [-0.25, -0.2) is 4.79 Å². The highest BCUT2D eigenvalue weighted by Crippen LogP contribution is 2.20. The fourth-order valence-electron chi connectivity index (χ4n) is 3.71. The molecule has 0 aromatic heterocycles. The molecule has 7 heteroatoms. The van der Waals surface area contributed by atoms with Crippen molar-refractivity contribution in [2.45, 2.75) is 44.4 Å². The molecule has 0 bridgehead atoms. The van der Waals surface area contributed by atoms with Crippen LogP contribution < -0.4 is 5.32 Å². The lowest BCUT2D eigenvalue weighted by atomic mass is 10.0. The Balaban J connectivity index is 1.61.